The molecular weight excluding hydrogens is 154 g/mol. The Morgan fingerprint density at radius 3 is 2.75 bits per heavy atom. The molecule has 0 aliphatic heterocycles. The number of hydrogen-bond donors (Lipinski definition) is 1. The monoisotopic (exact) mass is 171 g/mol. The van der Waals surface area contributed by atoms with Gasteiger partial charge >= 0.3 is 5.97 Å². The van der Waals surface area contributed by atoms with Crippen LogP contribution < -0.4 is 5.73 Å². The molecule has 0 saturated carbocycles. The molecule has 0 spiro atoms. The first-order chi connectivity index (χ1) is 5.63. The third kappa shape index (κ3) is 3.53. The molecule has 0 rings (SSSR count). The Labute approximate surface area is 73.6 Å². The average Bonchev–Trinajstić information content (AvgIpc) is 2.11. The van der Waals surface area contributed by atoms with Crippen LogP contribution in [0.25, 0.3) is 0 Å². The molecule has 12 heavy (non-hydrogen) atoms. The van der Waals surface area contributed by atoms with Crippen LogP contribution in [0.5, 0.6) is 0 Å². The molecule has 0 aromatic rings. The summed E-state index contributed by atoms with van der Waals surface area (Å²) in [5.74, 6) is -0.174. The summed E-state index contributed by atoms with van der Waals surface area (Å²) in [6, 6.07) is -0.505. The van der Waals surface area contributed by atoms with E-state index in [1.165, 1.54) is 6.08 Å². The smallest absolute Gasteiger partial charge is 0.323 e. The van der Waals surface area contributed by atoms with E-state index in [9.17, 15) is 4.79 Å². The van der Waals surface area contributed by atoms with Crippen molar-refractivity contribution in [1.29, 1.82) is 0 Å². The molecule has 0 amide bonds. The van der Waals surface area contributed by atoms with Gasteiger partial charge in [-0.05, 0) is 5.92 Å². The molecule has 3 nitrogen and oxygen atoms in total. The number of hydrogen-bond acceptors (Lipinski definition) is 3. The van der Waals surface area contributed by atoms with E-state index in [1.54, 1.807) is 0 Å². The molecule has 0 unspecified atom stereocenters. The maximum Gasteiger partial charge on any atom is 0.323 e. The normalized spacial score (nSPS) is 14.9. The second kappa shape index (κ2) is 5.77. The van der Waals surface area contributed by atoms with Gasteiger partial charge in [0.05, 0.1) is 0 Å². The van der Waals surface area contributed by atoms with Gasteiger partial charge in [0.2, 0.25) is 0 Å². The summed E-state index contributed by atoms with van der Waals surface area (Å²) in [6.07, 6.45) is 2.41. The molecule has 70 valence electrons. The fraction of sp³-hybridized carbons (Fsp3) is 0.667. The van der Waals surface area contributed by atoms with Crippen LogP contribution in [0.3, 0.4) is 0 Å². The van der Waals surface area contributed by atoms with Gasteiger partial charge in [-0.15, -0.1) is 0 Å². The van der Waals surface area contributed by atoms with Gasteiger partial charge in [0.1, 0.15) is 12.6 Å². The highest BCUT2D eigenvalue weighted by molar-refractivity contribution is 5.75. The van der Waals surface area contributed by atoms with Gasteiger partial charge in [-0.25, -0.2) is 0 Å². The van der Waals surface area contributed by atoms with Gasteiger partial charge in [0.25, 0.3) is 0 Å². The molecule has 3 heteroatoms. The lowest BCUT2D eigenvalue weighted by molar-refractivity contribution is -0.145. The van der Waals surface area contributed by atoms with Crippen LogP contribution in [0, 0.1) is 5.92 Å². The van der Waals surface area contributed by atoms with Crippen LogP contribution in [0.1, 0.15) is 20.3 Å². The Balaban J connectivity index is 3.83. The van der Waals surface area contributed by atoms with Gasteiger partial charge in [-0.3, -0.25) is 4.79 Å². The number of esters is 1. The van der Waals surface area contributed by atoms with Crippen molar-refractivity contribution in [3.63, 3.8) is 0 Å². The summed E-state index contributed by atoms with van der Waals surface area (Å²) in [6.45, 7) is 7.60. The molecule has 0 bridgehead atoms. The van der Waals surface area contributed by atoms with E-state index < -0.39 is 6.04 Å². The van der Waals surface area contributed by atoms with Gasteiger partial charge in [-0.1, -0.05) is 32.9 Å². The zero-order chi connectivity index (χ0) is 9.56. The predicted molar refractivity (Wildman–Crippen MR) is 48.6 cm³/mol. The molecule has 2 atom stereocenters. The van der Waals surface area contributed by atoms with Crippen LogP contribution in [0.4, 0.5) is 0 Å². The first kappa shape index (κ1) is 11.2. The zero-order valence-corrected chi connectivity index (χ0v) is 7.75. The molecular formula is C9H17NO2. The van der Waals surface area contributed by atoms with Crippen molar-refractivity contribution in [2.24, 2.45) is 11.7 Å². The topological polar surface area (TPSA) is 52.3 Å². The zero-order valence-electron chi connectivity index (χ0n) is 7.75. The molecule has 0 saturated heterocycles. The lowest BCUT2D eigenvalue weighted by Gasteiger charge is -2.15. The quantitative estimate of drug-likeness (QED) is 0.497. The van der Waals surface area contributed by atoms with Crippen molar-refractivity contribution in [2.75, 3.05) is 6.61 Å². The number of carbonyl (C=O) groups is 1. The molecule has 0 radical (unpaired) electrons. The number of nitrogens with two attached hydrogens (primary N) is 1. The second-order valence-electron chi connectivity index (χ2n) is 2.83. The molecule has 0 fully saturated rings. The highest BCUT2D eigenvalue weighted by atomic mass is 16.5. The number of ether oxygens (including phenoxy) is 1. The Morgan fingerprint density at radius 2 is 2.33 bits per heavy atom. The minimum Gasteiger partial charge on any atom is -0.460 e. The fourth-order valence-electron chi connectivity index (χ4n) is 0.724. The third-order valence-corrected chi connectivity index (χ3v) is 1.87. The Bertz CT molecular complexity index is 157. The van der Waals surface area contributed by atoms with Crippen LogP contribution in [-0.2, 0) is 9.53 Å². The predicted octanol–water partition coefficient (Wildman–Crippen LogP) is 1.09. The molecule has 0 aromatic carbocycles. The van der Waals surface area contributed by atoms with E-state index in [0.717, 1.165) is 6.42 Å². The van der Waals surface area contributed by atoms with Crippen molar-refractivity contribution in [2.45, 2.75) is 26.3 Å². The third-order valence-electron chi connectivity index (χ3n) is 1.87. The standard InChI is InChI=1S/C9H17NO2/c1-4-6-12-9(11)8(10)7(3)5-2/h4,7-8H,1,5-6,10H2,2-3H3/t7-,8-/m0/s1. The van der Waals surface area contributed by atoms with Crippen LogP contribution in [0.2, 0.25) is 0 Å². The van der Waals surface area contributed by atoms with E-state index >= 15 is 0 Å². The Kier molecular flexibility index (Phi) is 5.37. The number of rotatable bonds is 5. The van der Waals surface area contributed by atoms with E-state index in [1.807, 2.05) is 13.8 Å². The summed E-state index contributed by atoms with van der Waals surface area (Å²) in [7, 11) is 0. The molecule has 0 aliphatic rings. The minimum atomic E-state index is -0.505. The Hall–Kier alpha value is -0.830. The maximum atomic E-state index is 11.1. The van der Waals surface area contributed by atoms with Crippen molar-refractivity contribution < 1.29 is 9.53 Å². The fourth-order valence-corrected chi connectivity index (χ4v) is 0.724. The summed E-state index contributed by atoms with van der Waals surface area (Å²) in [5.41, 5.74) is 5.60. The molecule has 0 aliphatic carbocycles. The maximum absolute atomic E-state index is 11.1. The van der Waals surface area contributed by atoms with Crippen LogP contribution in [0.15, 0.2) is 12.7 Å². The van der Waals surface area contributed by atoms with Crippen molar-refractivity contribution >= 4 is 5.97 Å². The van der Waals surface area contributed by atoms with Crippen LogP contribution in [-0.4, -0.2) is 18.6 Å². The molecule has 0 heterocycles. The van der Waals surface area contributed by atoms with Gasteiger partial charge in [0.15, 0.2) is 0 Å². The van der Waals surface area contributed by atoms with Gasteiger partial charge < -0.3 is 10.5 Å². The Morgan fingerprint density at radius 1 is 1.75 bits per heavy atom. The highest BCUT2D eigenvalue weighted by Gasteiger charge is 2.19. The summed E-state index contributed by atoms with van der Waals surface area (Å²) < 4.78 is 4.79. The summed E-state index contributed by atoms with van der Waals surface area (Å²) in [5, 5.41) is 0. The molecule has 0 aromatic heterocycles. The lowest BCUT2D eigenvalue weighted by Crippen LogP contribution is -2.38. The van der Waals surface area contributed by atoms with E-state index in [0.29, 0.717) is 0 Å². The van der Waals surface area contributed by atoms with E-state index in [-0.39, 0.29) is 18.5 Å². The van der Waals surface area contributed by atoms with Crippen LogP contribution >= 0.6 is 0 Å². The van der Waals surface area contributed by atoms with Gasteiger partial charge in [-0.2, -0.15) is 0 Å². The average molecular weight is 171 g/mol. The summed E-state index contributed by atoms with van der Waals surface area (Å²) >= 11 is 0. The largest absolute Gasteiger partial charge is 0.460 e. The first-order valence-electron chi connectivity index (χ1n) is 4.16. The van der Waals surface area contributed by atoms with E-state index in [4.69, 9.17) is 10.5 Å². The second-order valence-corrected chi connectivity index (χ2v) is 2.83. The van der Waals surface area contributed by atoms with Crippen molar-refractivity contribution in [3.8, 4) is 0 Å². The number of carbonyl (C=O) groups excluding carboxylic acids is 1. The minimum absolute atomic E-state index is 0.169. The van der Waals surface area contributed by atoms with Gasteiger partial charge in [0, 0.05) is 0 Å². The SMILES string of the molecule is C=CCOC(=O)[C@@H](N)[C@@H](C)CC. The summed E-state index contributed by atoms with van der Waals surface area (Å²) in [4.78, 5) is 11.1. The van der Waals surface area contributed by atoms with Crippen molar-refractivity contribution in [1.82, 2.24) is 0 Å². The van der Waals surface area contributed by atoms with Crippen molar-refractivity contribution in [3.05, 3.63) is 12.7 Å². The first-order valence-corrected chi connectivity index (χ1v) is 4.16. The highest BCUT2D eigenvalue weighted by Crippen LogP contribution is 2.06. The molecule has 2 N–H and O–H groups in total. The van der Waals surface area contributed by atoms with E-state index in [2.05, 4.69) is 6.58 Å². The lowest BCUT2D eigenvalue weighted by atomic mass is 10.0.